The minimum absolute atomic E-state index is 0.219. The first kappa shape index (κ1) is 7.74. The van der Waals surface area contributed by atoms with Crippen LogP contribution in [0.4, 0.5) is 4.79 Å². The Bertz CT molecular complexity index is 104. The van der Waals surface area contributed by atoms with Crippen LogP contribution in [0, 0.1) is 5.41 Å². The van der Waals surface area contributed by atoms with Crippen molar-refractivity contribution in [3.8, 4) is 0 Å². The summed E-state index contributed by atoms with van der Waals surface area (Å²) in [6.07, 6.45) is 0.125. The summed E-state index contributed by atoms with van der Waals surface area (Å²) in [5, 5.41) is 8.55. The maximum Gasteiger partial charge on any atom is 0.409 e. The Kier molecular flexibility index (Phi) is 4.20. The molecule has 0 spiro atoms. The summed E-state index contributed by atoms with van der Waals surface area (Å²) < 4.78 is 8.57. The maximum absolute atomic E-state index is 10.2. The van der Waals surface area contributed by atoms with Crippen molar-refractivity contribution in [1.82, 2.24) is 5.32 Å². The topological polar surface area (TPSA) is 71.4 Å². The Morgan fingerprint density at radius 3 is 3.00 bits per heavy atom. The Morgan fingerprint density at radius 1 is 1.89 bits per heavy atom. The Morgan fingerprint density at radius 2 is 2.56 bits per heavy atom. The van der Waals surface area contributed by atoms with E-state index in [9.17, 15) is 4.79 Å². The molecule has 0 atom stereocenters. The fourth-order valence-electron chi connectivity index (χ4n) is 0.194. The lowest BCUT2D eigenvalue weighted by Crippen LogP contribution is -2.20. The highest BCUT2D eigenvalue weighted by Crippen LogP contribution is 1.74. The zero-order valence-corrected chi connectivity index (χ0v) is 5.01. The summed E-state index contributed by atoms with van der Waals surface area (Å²) >= 11 is 0. The average molecular weight is 132 g/mol. The molecule has 9 heavy (non-hydrogen) atoms. The molecule has 5 heteroatoms. The number of rotatable bonds is 3. The second-order valence-electron chi connectivity index (χ2n) is 1.08. The lowest BCUT2D eigenvalue weighted by Gasteiger charge is -2.00. The third kappa shape index (κ3) is 4.60. The lowest BCUT2D eigenvalue weighted by atomic mass is 11.1. The van der Waals surface area contributed by atoms with Gasteiger partial charge in [0.05, 0.1) is 0 Å². The standard InChI is InChI=1S/C4H8N2O3/c1-6-4(7)9-3-8-2-5/h2,5H,3H2,1H3,(H,6,7). The van der Waals surface area contributed by atoms with Crippen molar-refractivity contribution >= 4 is 12.5 Å². The highest BCUT2D eigenvalue weighted by molar-refractivity contribution is 5.66. The minimum Gasteiger partial charge on any atom is -0.447 e. The molecule has 0 aliphatic heterocycles. The van der Waals surface area contributed by atoms with E-state index in [2.05, 4.69) is 14.8 Å². The van der Waals surface area contributed by atoms with Crippen LogP contribution in [0.15, 0.2) is 0 Å². The van der Waals surface area contributed by atoms with E-state index < -0.39 is 6.09 Å². The molecule has 0 radical (unpaired) electrons. The van der Waals surface area contributed by atoms with Gasteiger partial charge in [-0.2, -0.15) is 0 Å². The molecule has 0 aromatic rings. The third-order valence-corrected chi connectivity index (χ3v) is 0.546. The molecule has 0 unspecified atom stereocenters. The van der Waals surface area contributed by atoms with Crippen LogP contribution in [-0.4, -0.2) is 26.3 Å². The molecule has 0 saturated heterocycles. The second kappa shape index (κ2) is 4.89. The average Bonchev–Trinajstić information content (AvgIpc) is 1.89. The van der Waals surface area contributed by atoms with Crippen molar-refractivity contribution < 1.29 is 14.3 Å². The number of hydrogen-bond acceptors (Lipinski definition) is 4. The van der Waals surface area contributed by atoms with Crippen molar-refractivity contribution in [2.75, 3.05) is 13.8 Å². The van der Waals surface area contributed by atoms with E-state index in [4.69, 9.17) is 5.41 Å². The molecule has 0 bridgehead atoms. The summed E-state index contributed by atoms with van der Waals surface area (Å²) in [4.78, 5) is 10.2. The molecule has 0 aliphatic carbocycles. The van der Waals surface area contributed by atoms with Gasteiger partial charge in [-0.3, -0.25) is 5.41 Å². The molecule has 0 aliphatic rings. The van der Waals surface area contributed by atoms with Crippen molar-refractivity contribution in [3.05, 3.63) is 0 Å². The van der Waals surface area contributed by atoms with Crippen molar-refractivity contribution in [2.24, 2.45) is 0 Å². The van der Waals surface area contributed by atoms with Crippen molar-refractivity contribution in [2.45, 2.75) is 0 Å². The molecular weight excluding hydrogens is 124 g/mol. The zero-order chi connectivity index (χ0) is 7.11. The van der Waals surface area contributed by atoms with Gasteiger partial charge in [0.25, 0.3) is 0 Å². The summed E-state index contributed by atoms with van der Waals surface area (Å²) in [7, 11) is 1.44. The summed E-state index contributed by atoms with van der Waals surface area (Å²) in [6, 6.07) is 0. The number of ether oxygens (including phenoxy) is 2. The van der Waals surface area contributed by atoms with Crippen LogP contribution in [-0.2, 0) is 9.47 Å². The Hall–Kier alpha value is -1.26. The van der Waals surface area contributed by atoms with Crippen LogP contribution in [0.5, 0.6) is 0 Å². The highest BCUT2D eigenvalue weighted by Gasteiger charge is 1.93. The number of alkyl carbamates (subject to hydrolysis) is 1. The van der Waals surface area contributed by atoms with Gasteiger partial charge in [0.15, 0.2) is 6.40 Å². The molecule has 5 nitrogen and oxygen atoms in total. The van der Waals surface area contributed by atoms with Gasteiger partial charge in [-0.1, -0.05) is 0 Å². The fourth-order valence-corrected chi connectivity index (χ4v) is 0.194. The molecular formula is C4H8N2O3. The lowest BCUT2D eigenvalue weighted by molar-refractivity contribution is 0.0575. The zero-order valence-electron chi connectivity index (χ0n) is 5.01. The monoisotopic (exact) mass is 132 g/mol. The van der Waals surface area contributed by atoms with Crippen molar-refractivity contribution in [1.29, 1.82) is 5.41 Å². The number of carbonyl (C=O) groups excluding carboxylic acids is 1. The fraction of sp³-hybridized carbons (Fsp3) is 0.500. The molecule has 0 aromatic carbocycles. The highest BCUT2D eigenvalue weighted by atomic mass is 16.7. The van der Waals surface area contributed by atoms with Crippen LogP contribution >= 0.6 is 0 Å². The minimum atomic E-state index is -0.572. The molecule has 0 saturated carbocycles. The van der Waals surface area contributed by atoms with Gasteiger partial charge in [-0.25, -0.2) is 4.79 Å². The number of nitrogens with one attached hydrogen (secondary N) is 2. The number of amides is 1. The van der Waals surface area contributed by atoms with Crippen LogP contribution < -0.4 is 5.32 Å². The molecule has 52 valence electrons. The first-order valence-corrected chi connectivity index (χ1v) is 2.26. The third-order valence-electron chi connectivity index (χ3n) is 0.546. The first-order valence-electron chi connectivity index (χ1n) is 2.26. The van der Waals surface area contributed by atoms with E-state index in [1.807, 2.05) is 0 Å². The predicted octanol–water partition coefficient (Wildman–Crippen LogP) is -0.0764. The molecule has 1 amide bonds. The van der Waals surface area contributed by atoms with Gasteiger partial charge >= 0.3 is 6.09 Å². The van der Waals surface area contributed by atoms with Gasteiger partial charge in [-0.05, 0) is 0 Å². The summed E-state index contributed by atoms with van der Waals surface area (Å²) in [6.45, 7) is -0.219. The Labute approximate surface area is 52.5 Å². The van der Waals surface area contributed by atoms with Crippen molar-refractivity contribution in [3.63, 3.8) is 0 Å². The van der Waals surface area contributed by atoms with E-state index in [1.165, 1.54) is 7.05 Å². The van der Waals surface area contributed by atoms with E-state index in [0.29, 0.717) is 6.40 Å². The molecule has 2 N–H and O–H groups in total. The summed E-state index contributed by atoms with van der Waals surface area (Å²) in [5.41, 5.74) is 0. The van der Waals surface area contributed by atoms with Crippen LogP contribution in [0.25, 0.3) is 0 Å². The van der Waals surface area contributed by atoms with E-state index in [0.717, 1.165) is 0 Å². The normalized spacial score (nSPS) is 7.67. The summed E-state index contributed by atoms with van der Waals surface area (Å²) in [5.74, 6) is 0. The van der Waals surface area contributed by atoms with Gasteiger partial charge < -0.3 is 14.8 Å². The largest absolute Gasteiger partial charge is 0.447 e. The number of hydrogen-bond donors (Lipinski definition) is 2. The maximum atomic E-state index is 10.2. The van der Waals surface area contributed by atoms with Crippen LogP contribution in [0.1, 0.15) is 0 Å². The second-order valence-corrected chi connectivity index (χ2v) is 1.08. The van der Waals surface area contributed by atoms with Gasteiger partial charge in [0.1, 0.15) is 0 Å². The molecule has 0 heterocycles. The molecule has 0 aromatic heterocycles. The van der Waals surface area contributed by atoms with Crippen LogP contribution in [0.3, 0.4) is 0 Å². The Balaban J connectivity index is 3.06. The number of carbonyl (C=O) groups is 1. The SMILES string of the molecule is CNC(=O)OCOC=N. The van der Waals surface area contributed by atoms with E-state index in [-0.39, 0.29) is 6.79 Å². The first-order chi connectivity index (χ1) is 4.31. The van der Waals surface area contributed by atoms with E-state index >= 15 is 0 Å². The van der Waals surface area contributed by atoms with Gasteiger partial charge in [-0.15, -0.1) is 0 Å². The smallest absolute Gasteiger partial charge is 0.409 e. The quantitative estimate of drug-likeness (QED) is 0.244. The van der Waals surface area contributed by atoms with E-state index in [1.54, 1.807) is 0 Å². The molecule has 0 rings (SSSR count). The van der Waals surface area contributed by atoms with Crippen LogP contribution in [0.2, 0.25) is 0 Å². The molecule has 0 fully saturated rings. The van der Waals surface area contributed by atoms with Gasteiger partial charge in [0.2, 0.25) is 6.79 Å². The van der Waals surface area contributed by atoms with Gasteiger partial charge in [0, 0.05) is 7.05 Å². The predicted molar refractivity (Wildman–Crippen MR) is 30.3 cm³/mol.